The summed E-state index contributed by atoms with van der Waals surface area (Å²) in [4.78, 5) is 25.2. The average molecular weight is 421 g/mol. The van der Waals surface area contributed by atoms with Gasteiger partial charge in [0.2, 0.25) is 5.91 Å². The molecule has 1 aliphatic rings. The Hall–Kier alpha value is -3.53. The standard InChI is InChI=1S/C24H27N3O4/c1-16-9-11-17(12-10-16)15-31-24(30)27-21-8-3-2-7-20(21)23(29)26-22(14-25)18-5-4-6-19(28)13-18/h4-6,9-13,20-22,28H,2-3,7-8,15H2,1H3,(H,26,29)(H,27,30)/t20-,21-,22?/m1/s1. The third-order valence-corrected chi connectivity index (χ3v) is 5.52. The fourth-order valence-electron chi connectivity index (χ4n) is 3.79. The van der Waals surface area contributed by atoms with Crippen molar-refractivity contribution in [2.24, 2.45) is 5.92 Å². The lowest BCUT2D eigenvalue weighted by atomic mass is 9.83. The molecule has 1 saturated carbocycles. The summed E-state index contributed by atoms with van der Waals surface area (Å²) in [5.41, 5.74) is 2.53. The monoisotopic (exact) mass is 421 g/mol. The second-order valence-electron chi connectivity index (χ2n) is 7.87. The van der Waals surface area contributed by atoms with E-state index in [2.05, 4.69) is 16.7 Å². The summed E-state index contributed by atoms with van der Waals surface area (Å²) in [5.74, 6) is -0.715. The number of aromatic hydroxyl groups is 1. The lowest BCUT2D eigenvalue weighted by Crippen LogP contribution is -2.49. The van der Waals surface area contributed by atoms with Crippen molar-refractivity contribution in [2.45, 2.75) is 51.3 Å². The maximum absolute atomic E-state index is 12.9. The van der Waals surface area contributed by atoms with Crippen molar-refractivity contribution in [3.63, 3.8) is 0 Å². The number of phenols is 1. The fraction of sp³-hybridized carbons (Fsp3) is 0.375. The molecule has 3 atom stereocenters. The van der Waals surface area contributed by atoms with E-state index in [0.29, 0.717) is 18.4 Å². The highest BCUT2D eigenvalue weighted by atomic mass is 16.5. The van der Waals surface area contributed by atoms with Gasteiger partial charge in [-0.05, 0) is 43.0 Å². The highest BCUT2D eigenvalue weighted by Crippen LogP contribution is 2.26. The van der Waals surface area contributed by atoms with Crippen LogP contribution in [0.25, 0.3) is 0 Å². The highest BCUT2D eigenvalue weighted by Gasteiger charge is 2.33. The Morgan fingerprint density at radius 1 is 1.19 bits per heavy atom. The van der Waals surface area contributed by atoms with Crippen LogP contribution in [0.15, 0.2) is 48.5 Å². The number of phenolic OH excluding ortho intramolecular Hbond substituents is 1. The van der Waals surface area contributed by atoms with Crippen LogP contribution in [0.1, 0.15) is 48.4 Å². The van der Waals surface area contributed by atoms with Gasteiger partial charge in [-0.2, -0.15) is 5.26 Å². The number of benzene rings is 2. The summed E-state index contributed by atoms with van der Waals surface area (Å²) >= 11 is 0. The minimum absolute atomic E-state index is 0.0283. The molecule has 31 heavy (non-hydrogen) atoms. The van der Waals surface area contributed by atoms with Crippen molar-refractivity contribution in [2.75, 3.05) is 0 Å². The Labute approximate surface area is 182 Å². The van der Waals surface area contributed by atoms with Crippen LogP contribution in [-0.2, 0) is 16.1 Å². The highest BCUT2D eigenvalue weighted by molar-refractivity contribution is 5.81. The molecule has 0 saturated heterocycles. The van der Waals surface area contributed by atoms with Crippen molar-refractivity contribution in [1.29, 1.82) is 5.26 Å². The fourth-order valence-corrected chi connectivity index (χ4v) is 3.79. The van der Waals surface area contributed by atoms with Gasteiger partial charge >= 0.3 is 6.09 Å². The van der Waals surface area contributed by atoms with Crippen LogP contribution in [0.5, 0.6) is 5.75 Å². The van der Waals surface area contributed by atoms with Gasteiger partial charge in [0.25, 0.3) is 0 Å². The first-order valence-corrected chi connectivity index (χ1v) is 10.4. The Morgan fingerprint density at radius 2 is 1.94 bits per heavy atom. The molecule has 1 aliphatic carbocycles. The van der Waals surface area contributed by atoms with Crippen molar-refractivity contribution in [3.05, 3.63) is 65.2 Å². The minimum atomic E-state index is -0.879. The Balaban J connectivity index is 1.58. The van der Waals surface area contributed by atoms with Gasteiger partial charge in [-0.1, -0.05) is 54.8 Å². The predicted octanol–water partition coefficient (Wildman–Crippen LogP) is 3.87. The molecule has 2 aromatic carbocycles. The predicted molar refractivity (Wildman–Crippen MR) is 115 cm³/mol. The molecular weight excluding hydrogens is 394 g/mol. The summed E-state index contributed by atoms with van der Waals surface area (Å²) in [6.07, 6.45) is 2.50. The van der Waals surface area contributed by atoms with Gasteiger partial charge in [0.15, 0.2) is 0 Å². The molecule has 162 valence electrons. The number of alkyl carbamates (subject to hydrolysis) is 1. The summed E-state index contributed by atoms with van der Waals surface area (Å²) in [6.45, 7) is 2.15. The first-order valence-electron chi connectivity index (χ1n) is 10.4. The molecule has 3 rings (SSSR count). The Morgan fingerprint density at radius 3 is 2.65 bits per heavy atom. The van der Waals surface area contributed by atoms with Gasteiger partial charge in [-0.25, -0.2) is 4.79 Å². The van der Waals surface area contributed by atoms with Crippen LogP contribution < -0.4 is 10.6 Å². The molecule has 7 nitrogen and oxygen atoms in total. The second kappa shape index (κ2) is 10.5. The van der Waals surface area contributed by atoms with Gasteiger partial charge in [-0.15, -0.1) is 0 Å². The van der Waals surface area contributed by atoms with Crippen molar-refractivity contribution in [1.82, 2.24) is 10.6 Å². The van der Waals surface area contributed by atoms with E-state index in [1.807, 2.05) is 31.2 Å². The van der Waals surface area contributed by atoms with Crippen LogP contribution in [0.3, 0.4) is 0 Å². The van der Waals surface area contributed by atoms with Gasteiger partial charge in [0.1, 0.15) is 18.4 Å². The van der Waals surface area contributed by atoms with Crippen molar-refractivity contribution < 1.29 is 19.4 Å². The van der Waals surface area contributed by atoms with E-state index < -0.39 is 18.1 Å². The molecule has 0 aromatic heterocycles. The Kier molecular flexibility index (Phi) is 7.50. The number of ether oxygens (including phenoxy) is 1. The summed E-state index contributed by atoms with van der Waals surface area (Å²) in [6, 6.07) is 14.8. The van der Waals surface area contributed by atoms with Crippen molar-refractivity contribution >= 4 is 12.0 Å². The molecule has 2 aromatic rings. The van der Waals surface area contributed by atoms with Crippen LogP contribution in [-0.4, -0.2) is 23.1 Å². The number of hydrogen-bond acceptors (Lipinski definition) is 5. The number of carbonyl (C=O) groups excluding carboxylic acids is 2. The van der Waals surface area contributed by atoms with E-state index in [0.717, 1.165) is 24.0 Å². The average Bonchev–Trinajstić information content (AvgIpc) is 2.77. The first-order chi connectivity index (χ1) is 15.0. The van der Waals surface area contributed by atoms with Crippen LogP contribution in [0, 0.1) is 24.2 Å². The number of hydrogen-bond donors (Lipinski definition) is 3. The van der Waals surface area contributed by atoms with E-state index >= 15 is 0 Å². The topological polar surface area (TPSA) is 111 Å². The van der Waals surface area contributed by atoms with Gasteiger partial charge in [0, 0.05) is 6.04 Å². The Bertz CT molecular complexity index is 952. The summed E-state index contributed by atoms with van der Waals surface area (Å²) < 4.78 is 5.32. The van der Waals surface area contributed by atoms with E-state index in [9.17, 15) is 20.0 Å². The van der Waals surface area contributed by atoms with Crippen LogP contribution >= 0.6 is 0 Å². The van der Waals surface area contributed by atoms with Gasteiger partial charge in [-0.3, -0.25) is 4.79 Å². The quantitative estimate of drug-likeness (QED) is 0.656. The third-order valence-electron chi connectivity index (χ3n) is 5.52. The largest absolute Gasteiger partial charge is 0.508 e. The molecule has 1 unspecified atom stereocenters. The van der Waals surface area contributed by atoms with E-state index in [1.165, 1.54) is 12.1 Å². The molecule has 0 spiro atoms. The van der Waals surface area contributed by atoms with Crippen molar-refractivity contribution in [3.8, 4) is 11.8 Å². The molecular formula is C24H27N3O4. The maximum Gasteiger partial charge on any atom is 0.407 e. The first kappa shape index (κ1) is 22.2. The molecule has 0 radical (unpaired) electrons. The van der Waals surface area contributed by atoms with E-state index in [1.54, 1.807) is 12.1 Å². The van der Waals surface area contributed by atoms with E-state index in [-0.39, 0.29) is 24.3 Å². The van der Waals surface area contributed by atoms with Gasteiger partial charge in [0.05, 0.1) is 12.0 Å². The molecule has 3 N–H and O–H groups in total. The van der Waals surface area contributed by atoms with Crippen LogP contribution in [0.2, 0.25) is 0 Å². The molecule has 0 bridgehead atoms. The number of rotatable bonds is 6. The molecule has 1 fully saturated rings. The van der Waals surface area contributed by atoms with Crippen LogP contribution in [0.4, 0.5) is 4.79 Å². The maximum atomic E-state index is 12.9. The lowest BCUT2D eigenvalue weighted by molar-refractivity contribution is -0.127. The third kappa shape index (κ3) is 6.22. The molecule has 0 heterocycles. The number of nitriles is 1. The smallest absolute Gasteiger partial charge is 0.407 e. The lowest BCUT2D eigenvalue weighted by Gasteiger charge is -2.31. The number of nitrogens with one attached hydrogen (secondary N) is 2. The zero-order valence-electron chi connectivity index (χ0n) is 17.5. The summed E-state index contributed by atoms with van der Waals surface area (Å²) in [7, 11) is 0. The number of aryl methyl sites for hydroxylation is 1. The van der Waals surface area contributed by atoms with Gasteiger partial charge < -0.3 is 20.5 Å². The molecule has 2 amide bonds. The number of carbonyl (C=O) groups is 2. The molecule has 7 heteroatoms. The number of amides is 2. The SMILES string of the molecule is Cc1ccc(COC(=O)N[C@@H]2CCCC[C@H]2C(=O)NC(C#N)c2cccc(O)c2)cc1. The van der Waals surface area contributed by atoms with E-state index in [4.69, 9.17) is 4.74 Å². The second-order valence-corrected chi connectivity index (χ2v) is 7.87. The molecule has 0 aliphatic heterocycles. The normalized spacial score (nSPS) is 19.0. The zero-order chi connectivity index (χ0) is 22.2. The number of nitrogens with zero attached hydrogens (tertiary/aromatic N) is 1. The minimum Gasteiger partial charge on any atom is -0.508 e. The zero-order valence-corrected chi connectivity index (χ0v) is 17.5. The summed E-state index contributed by atoms with van der Waals surface area (Å²) in [5, 5.41) is 24.7.